The maximum Gasteiger partial charge on any atom is 0.290 e. The molecule has 0 radical (unpaired) electrons. The Bertz CT molecular complexity index is 1030. The fourth-order valence-electron chi connectivity index (χ4n) is 3.62. The molecule has 2 heterocycles. The Labute approximate surface area is 191 Å². The summed E-state index contributed by atoms with van der Waals surface area (Å²) < 4.78 is 0. The van der Waals surface area contributed by atoms with Crippen molar-refractivity contribution >= 4 is 53.0 Å². The van der Waals surface area contributed by atoms with Gasteiger partial charge in [0.2, 0.25) is 0 Å². The molecule has 7 nitrogen and oxygen atoms in total. The van der Waals surface area contributed by atoms with Crippen LogP contribution in [0.1, 0.15) is 21.5 Å². The Morgan fingerprint density at radius 1 is 1.06 bits per heavy atom. The first-order valence-corrected chi connectivity index (χ1v) is 10.5. The van der Waals surface area contributed by atoms with Crippen molar-refractivity contribution in [3.05, 3.63) is 70.1 Å². The van der Waals surface area contributed by atoms with Gasteiger partial charge in [0.25, 0.3) is 17.1 Å². The highest BCUT2D eigenvalue weighted by Gasteiger charge is 2.27. The molecule has 2 saturated heterocycles. The summed E-state index contributed by atoms with van der Waals surface area (Å²) in [4.78, 5) is 40.6. The summed E-state index contributed by atoms with van der Waals surface area (Å²) in [5.74, 6) is -0.354. The van der Waals surface area contributed by atoms with Gasteiger partial charge in [0.15, 0.2) is 0 Å². The summed E-state index contributed by atoms with van der Waals surface area (Å²) in [5, 5.41) is 1.93. The minimum Gasteiger partial charge on any atom is -0.367 e. The number of nitrogens with one attached hydrogen (secondary N) is 1. The van der Waals surface area contributed by atoms with E-state index in [2.05, 4.69) is 10.2 Å². The minimum atomic E-state index is -0.366. The fourth-order valence-corrected chi connectivity index (χ4v) is 4.30. The zero-order valence-electron chi connectivity index (χ0n) is 16.7. The summed E-state index contributed by atoms with van der Waals surface area (Å²) >= 11 is 0.910. The van der Waals surface area contributed by atoms with Gasteiger partial charge in [0.05, 0.1) is 4.91 Å². The molecule has 3 N–H and O–H groups in total. The molecule has 2 aromatic rings. The molecule has 31 heavy (non-hydrogen) atoms. The third kappa shape index (κ3) is 5.10. The molecule has 162 valence electrons. The van der Waals surface area contributed by atoms with E-state index >= 15 is 0 Å². The first-order chi connectivity index (χ1) is 14.5. The van der Waals surface area contributed by atoms with E-state index < -0.39 is 0 Å². The number of hydrogen-bond acceptors (Lipinski definition) is 6. The van der Waals surface area contributed by atoms with Gasteiger partial charge in [-0.1, -0.05) is 30.3 Å². The van der Waals surface area contributed by atoms with Gasteiger partial charge < -0.3 is 15.5 Å². The Balaban J connectivity index is 0.00000272. The summed E-state index contributed by atoms with van der Waals surface area (Å²) in [5.41, 5.74) is 9.14. The van der Waals surface area contributed by atoms with Gasteiger partial charge in [0, 0.05) is 44.0 Å². The van der Waals surface area contributed by atoms with Gasteiger partial charge >= 0.3 is 0 Å². The average Bonchev–Trinajstić information content (AvgIpc) is 3.10. The van der Waals surface area contributed by atoms with Crippen LogP contribution in [0.25, 0.3) is 6.08 Å². The summed E-state index contributed by atoms with van der Waals surface area (Å²) in [6.45, 7) is 2.97. The van der Waals surface area contributed by atoms with Crippen molar-refractivity contribution in [3.8, 4) is 0 Å². The molecule has 0 aromatic heterocycles. The van der Waals surface area contributed by atoms with Crippen LogP contribution in [0.15, 0.2) is 53.4 Å². The molecule has 2 aliphatic rings. The quantitative estimate of drug-likeness (QED) is 0.684. The first-order valence-electron chi connectivity index (χ1n) is 9.72. The molecule has 0 atom stereocenters. The molecule has 0 aliphatic carbocycles. The number of anilines is 1. The van der Waals surface area contributed by atoms with Gasteiger partial charge in [-0.2, -0.15) is 0 Å². The van der Waals surface area contributed by atoms with Crippen molar-refractivity contribution < 1.29 is 14.4 Å². The van der Waals surface area contributed by atoms with Gasteiger partial charge in [-0.25, -0.2) is 0 Å². The second-order valence-corrected chi connectivity index (χ2v) is 8.11. The predicted octanol–water partition coefficient (Wildman–Crippen LogP) is 2.85. The number of halogens is 1. The number of piperazine rings is 1. The van der Waals surface area contributed by atoms with Crippen molar-refractivity contribution in [1.29, 1.82) is 0 Å². The molecular weight excluding hydrogens is 436 g/mol. The van der Waals surface area contributed by atoms with Crippen LogP contribution in [0.4, 0.5) is 10.5 Å². The van der Waals surface area contributed by atoms with Crippen LogP contribution in [0.3, 0.4) is 0 Å². The van der Waals surface area contributed by atoms with Crippen LogP contribution in [0, 0.1) is 0 Å². The monoisotopic (exact) mass is 458 g/mol. The number of amides is 3. The van der Waals surface area contributed by atoms with E-state index in [1.165, 1.54) is 0 Å². The van der Waals surface area contributed by atoms with E-state index in [0.29, 0.717) is 43.2 Å². The van der Waals surface area contributed by atoms with Gasteiger partial charge in [-0.3, -0.25) is 19.7 Å². The maximum atomic E-state index is 12.9. The number of carbonyl (C=O) groups excluding carboxylic acids is 3. The van der Waals surface area contributed by atoms with E-state index in [-0.39, 0.29) is 29.5 Å². The average molecular weight is 459 g/mol. The number of para-hydroxylation sites is 1. The predicted molar refractivity (Wildman–Crippen MR) is 125 cm³/mol. The largest absolute Gasteiger partial charge is 0.367 e. The molecule has 9 heteroatoms. The highest BCUT2D eigenvalue weighted by atomic mass is 35.5. The van der Waals surface area contributed by atoms with Crippen LogP contribution >= 0.6 is 24.2 Å². The normalized spacial score (nSPS) is 17.5. The summed E-state index contributed by atoms with van der Waals surface area (Å²) in [6.07, 6.45) is 1.75. The summed E-state index contributed by atoms with van der Waals surface area (Å²) in [6, 6.07) is 15.2. The number of nitrogens with two attached hydrogens (primary N) is 1. The number of carbonyl (C=O) groups is 3. The van der Waals surface area contributed by atoms with Gasteiger partial charge in [-0.05, 0) is 47.2 Å². The van der Waals surface area contributed by atoms with E-state index in [9.17, 15) is 14.4 Å². The van der Waals surface area contributed by atoms with E-state index in [0.717, 1.165) is 28.6 Å². The fraction of sp³-hybridized carbons (Fsp3) is 0.227. The molecule has 0 spiro atoms. The number of benzene rings is 2. The van der Waals surface area contributed by atoms with Crippen molar-refractivity contribution in [1.82, 2.24) is 10.2 Å². The third-order valence-electron chi connectivity index (χ3n) is 5.18. The lowest BCUT2D eigenvalue weighted by atomic mass is 10.1. The summed E-state index contributed by atoms with van der Waals surface area (Å²) in [7, 11) is 0. The number of hydrogen-bond donors (Lipinski definition) is 2. The third-order valence-corrected chi connectivity index (χ3v) is 5.99. The van der Waals surface area contributed by atoms with Crippen LogP contribution in [0.2, 0.25) is 0 Å². The highest BCUT2D eigenvalue weighted by molar-refractivity contribution is 8.18. The van der Waals surface area contributed by atoms with Crippen LogP contribution in [0.5, 0.6) is 0 Å². The van der Waals surface area contributed by atoms with Crippen molar-refractivity contribution in [2.75, 3.05) is 31.1 Å². The SMILES string of the molecule is Cl.NCc1cccc(C(=O)N2CCN(c3ccccc3C=C3SC(=O)NC3=O)CC2)c1. The Hall–Kier alpha value is -2.81. The molecule has 0 unspecified atom stereocenters. The van der Waals surface area contributed by atoms with Gasteiger partial charge in [0.1, 0.15) is 0 Å². The van der Waals surface area contributed by atoms with E-state index in [1.807, 2.05) is 53.4 Å². The van der Waals surface area contributed by atoms with E-state index in [1.54, 1.807) is 6.08 Å². The first kappa shape index (κ1) is 22.9. The maximum absolute atomic E-state index is 12.9. The van der Waals surface area contributed by atoms with Crippen LogP contribution in [-0.2, 0) is 11.3 Å². The molecule has 3 amide bonds. The number of imide groups is 1. The Morgan fingerprint density at radius 2 is 1.81 bits per heavy atom. The molecular formula is C22H23ClN4O3S. The molecule has 2 aliphatic heterocycles. The van der Waals surface area contributed by atoms with E-state index in [4.69, 9.17) is 5.73 Å². The molecule has 0 bridgehead atoms. The zero-order chi connectivity index (χ0) is 21.1. The smallest absolute Gasteiger partial charge is 0.290 e. The topological polar surface area (TPSA) is 95.7 Å². The molecule has 4 rings (SSSR count). The zero-order valence-corrected chi connectivity index (χ0v) is 18.4. The van der Waals surface area contributed by atoms with Crippen molar-refractivity contribution in [3.63, 3.8) is 0 Å². The van der Waals surface area contributed by atoms with Gasteiger partial charge in [-0.15, -0.1) is 12.4 Å². The molecule has 2 fully saturated rings. The number of nitrogens with zero attached hydrogens (tertiary/aromatic N) is 2. The van der Waals surface area contributed by atoms with Crippen molar-refractivity contribution in [2.45, 2.75) is 6.54 Å². The number of thioether (sulfide) groups is 1. The van der Waals surface area contributed by atoms with Crippen LogP contribution in [-0.4, -0.2) is 48.1 Å². The number of rotatable bonds is 4. The lowest BCUT2D eigenvalue weighted by molar-refractivity contribution is -0.115. The molecule has 0 saturated carbocycles. The minimum absolute atomic E-state index is 0. The van der Waals surface area contributed by atoms with Crippen LogP contribution < -0.4 is 16.0 Å². The standard InChI is InChI=1S/C22H22N4O3S.ClH/c23-14-15-4-3-6-17(12-15)21(28)26-10-8-25(9-11-26)18-7-2-1-5-16(18)13-19-20(27)24-22(29)30-19;/h1-7,12-13H,8-11,14,23H2,(H,24,27,29);1H. The lowest BCUT2D eigenvalue weighted by Gasteiger charge is -2.37. The second kappa shape index (κ2) is 10.00. The highest BCUT2D eigenvalue weighted by Crippen LogP contribution is 2.30. The second-order valence-electron chi connectivity index (χ2n) is 7.09. The lowest BCUT2D eigenvalue weighted by Crippen LogP contribution is -2.49. The molecule has 2 aromatic carbocycles. The Kier molecular flexibility index (Phi) is 7.37. The Morgan fingerprint density at radius 3 is 2.48 bits per heavy atom. The van der Waals surface area contributed by atoms with Crippen molar-refractivity contribution in [2.24, 2.45) is 5.73 Å².